The second-order valence-electron chi connectivity index (χ2n) is 8.82. The number of phenols is 4. The van der Waals surface area contributed by atoms with E-state index in [2.05, 4.69) is 26.0 Å². The molecule has 0 radical (unpaired) electrons. The highest BCUT2D eigenvalue weighted by atomic mass is 16.3. The molecular weight excluding hydrogens is 388 g/mol. The third-order valence-electron chi connectivity index (χ3n) is 6.66. The number of benzene rings is 3. The molecule has 4 N–H and O–H groups in total. The normalized spacial score (nSPS) is 14.8. The van der Waals surface area contributed by atoms with Crippen LogP contribution in [0.15, 0.2) is 48.5 Å². The zero-order valence-corrected chi connectivity index (χ0v) is 18.1. The Kier molecular flexibility index (Phi) is 5.81. The van der Waals surface area contributed by atoms with Crippen LogP contribution >= 0.6 is 0 Å². The molecule has 3 aromatic carbocycles. The van der Waals surface area contributed by atoms with Crippen molar-refractivity contribution in [2.45, 2.75) is 57.8 Å². The molecule has 4 heteroatoms. The summed E-state index contributed by atoms with van der Waals surface area (Å²) in [5.74, 6) is 0.0344. The molecule has 1 aliphatic rings. The Morgan fingerprint density at radius 1 is 0.645 bits per heavy atom. The molecule has 0 spiro atoms. The highest BCUT2D eigenvalue weighted by Gasteiger charge is 2.27. The summed E-state index contributed by atoms with van der Waals surface area (Å²) in [5.41, 5.74) is 5.87. The molecule has 0 unspecified atom stereocenters. The Morgan fingerprint density at radius 3 is 1.71 bits per heavy atom. The second-order valence-corrected chi connectivity index (χ2v) is 8.82. The van der Waals surface area contributed by atoms with Gasteiger partial charge in [0.15, 0.2) is 0 Å². The van der Waals surface area contributed by atoms with E-state index in [-0.39, 0.29) is 23.0 Å². The van der Waals surface area contributed by atoms with Gasteiger partial charge in [0.2, 0.25) is 0 Å². The first-order valence-corrected chi connectivity index (χ1v) is 11.0. The number of phenolic OH excluding ortho intramolecular Hbond substituents is 4. The van der Waals surface area contributed by atoms with Crippen LogP contribution in [0, 0.1) is 13.8 Å². The number of hydrogen-bond donors (Lipinski definition) is 4. The van der Waals surface area contributed by atoms with E-state index in [0.29, 0.717) is 17.0 Å². The summed E-state index contributed by atoms with van der Waals surface area (Å²) in [5, 5.41) is 40.9. The van der Waals surface area contributed by atoms with Crippen molar-refractivity contribution in [3.63, 3.8) is 0 Å². The van der Waals surface area contributed by atoms with E-state index in [1.807, 2.05) is 0 Å². The van der Waals surface area contributed by atoms with Gasteiger partial charge in [-0.2, -0.15) is 0 Å². The SMILES string of the molecule is Cc1cc(C(c2ccc(O)cc2O)c2ccc(O)cc2O)c(C)cc1C1CCCCC1. The van der Waals surface area contributed by atoms with Gasteiger partial charge in [-0.05, 0) is 67.0 Å². The first kappa shape index (κ1) is 21.1. The van der Waals surface area contributed by atoms with Gasteiger partial charge in [0, 0.05) is 29.2 Å². The maximum atomic E-state index is 10.7. The largest absolute Gasteiger partial charge is 0.508 e. The Bertz CT molecular complexity index is 1050. The maximum absolute atomic E-state index is 10.7. The first-order valence-electron chi connectivity index (χ1n) is 11.0. The predicted molar refractivity (Wildman–Crippen MR) is 122 cm³/mol. The van der Waals surface area contributed by atoms with Gasteiger partial charge in [-0.1, -0.05) is 43.5 Å². The monoisotopic (exact) mass is 418 g/mol. The minimum Gasteiger partial charge on any atom is -0.508 e. The van der Waals surface area contributed by atoms with Gasteiger partial charge in [-0.25, -0.2) is 0 Å². The molecule has 31 heavy (non-hydrogen) atoms. The van der Waals surface area contributed by atoms with Gasteiger partial charge < -0.3 is 20.4 Å². The Labute approximate surface area is 183 Å². The van der Waals surface area contributed by atoms with Gasteiger partial charge in [0.1, 0.15) is 23.0 Å². The van der Waals surface area contributed by atoms with Crippen LogP contribution in [0.25, 0.3) is 0 Å². The third kappa shape index (κ3) is 4.20. The molecule has 162 valence electrons. The third-order valence-corrected chi connectivity index (χ3v) is 6.66. The summed E-state index contributed by atoms with van der Waals surface area (Å²) in [7, 11) is 0. The molecule has 0 aliphatic heterocycles. The Balaban J connectivity index is 1.88. The number of hydrogen-bond acceptors (Lipinski definition) is 4. The summed E-state index contributed by atoms with van der Waals surface area (Å²) in [4.78, 5) is 0. The topological polar surface area (TPSA) is 80.9 Å². The van der Waals surface area contributed by atoms with Crippen molar-refractivity contribution in [3.05, 3.63) is 81.9 Å². The molecule has 0 atom stereocenters. The van der Waals surface area contributed by atoms with E-state index in [9.17, 15) is 20.4 Å². The molecule has 0 saturated heterocycles. The van der Waals surface area contributed by atoms with Gasteiger partial charge in [0.05, 0.1) is 0 Å². The van der Waals surface area contributed by atoms with E-state index < -0.39 is 5.92 Å². The van der Waals surface area contributed by atoms with Gasteiger partial charge in [0.25, 0.3) is 0 Å². The fourth-order valence-corrected chi connectivity index (χ4v) is 5.08. The number of aryl methyl sites for hydroxylation is 2. The van der Waals surface area contributed by atoms with Crippen LogP contribution in [0.5, 0.6) is 23.0 Å². The van der Waals surface area contributed by atoms with Crippen molar-refractivity contribution in [1.82, 2.24) is 0 Å². The highest BCUT2D eigenvalue weighted by Crippen LogP contribution is 2.45. The Hall–Kier alpha value is -3.14. The molecule has 0 heterocycles. The number of aromatic hydroxyl groups is 4. The minimum atomic E-state index is -0.444. The molecule has 0 amide bonds. The molecule has 1 saturated carbocycles. The predicted octanol–water partition coefficient (Wildman–Crippen LogP) is 6.35. The summed E-state index contributed by atoms with van der Waals surface area (Å²) in [6.45, 7) is 4.21. The summed E-state index contributed by atoms with van der Waals surface area (Å²) in [6, 6.07) is 13.5. The van der Waals surface area contributed by atoms with Crippen molar-refractivity contribution in [2.75, 3.05) is 0 Å². The lowest BCUT2D eigenvalue weighted by Gasteiger charge is -2.27. The van der Waals surface area contributed by atoms with Crippen LogP contribution in [0.4, 0.5) is 0 Å². The summed E-state index contributed by atoms with van der Waals surface area (Å²) < 4.78 is 0. The molecule has 4 rings (SSSR count). The van der Waals surface area contributed by atoms with Crippen LogP contribution in [0.3, 0.4) is 0 Å². The van der Waals surface area contributed by atoms with Gasteiger partial charge in [-0.15, -0.1) is 0 Å². The second kappa shape index (κ2) is 8.54. The van der Waals surface area contributed by atoms with Crippen LogP contribution in [0.2, 0.25) is 0 Å². The Morgan fingerprint density at radius 2 is 1.19 bits per heavy atom. The zero-order chi connectivity index (χ0) is 22.1. The van der Waals surface area contributed by atoms with Crippen molar-refractivity contribution in [2.24, 2.45) is 0 Å². The summed E-state index contributed by atoms with van der Waals surface area (Å²) in [6.07, 6.45) is 6.31. The molecule has 1 fully saturated rings. The van der Waals surface area contributed by atoms with Crippen LogP contribution < -0.4 is 0 Å². The maximum Gasteiger partial charge on any atom is 0.123 e. The van der Waals surface area contributed by atoms with Gasteiger partial charge >= 0.3 is 0 Å². The lowest BCUT2D eigenvalue weighted by atomic mass is 9.77. The lowest BCUT2D eigenvalue weighted by Crippen LogP contribution is -2.10. The fourth-order valence-electron chi connectivity index (χ4n) is 5.08. The standard InChI is InChI=1S/C27H30O4/c1-16-13-24(17(2)12-23(16)18-6-4-3-5-7-18)27(21-10-8-19(28)14-25(21)30)22-11-9-20(29)15-26(22)31/h8-15,18,27-31H,3-7H2,1-2H3. The molecular formula is C27H30O4. The van der Waals surface area contributed by atoms with Gasteiger partial charge in [-0.3, -0.25) is 0 Å². The zero-order valence-electron chi connectivity index (χ0n) is 18.1. The minimum absolute atomic E-state index is 0.0181. The molecule has 4 nitrogen and oxygen atoms in total. The van der Waals surface area contributed by atoms with E-state index >= 15 is 0 Å². The van der Waals surface area contributed by atoms with E-state index in [0.717, 1.165) is 11.1 Å². The van der Waals surface area contributed by atoms with Crippen molar-refractivity contribution in [1.29, 1.82) is 0 Å². The molecule has 0 aromatic heterocycles. The quantitative estimate of drug-likeness (QED) is 0.372. The fraction of sp³-hybridized carbons (Fsp3) is 0.333. The van der Waals surface area contributed by atoms with Crippen molar-refractivity contribution < 1.29 is 20.4 Å². The number of rotatable bonds is 4. The summed E-state index contributed by atoms with van der Waals surface area (Å²) >= 11 is 0. The molecule has 3 aromatic rings. The van der Waals surface area contributed by atoms with Crippen LogP contribution in [-0.2, 0) is 0 Å². The van der Waals surface area contributed by atoms with E-state index in [1.165, 1.54) is 67.5 Å². The van der Waals surface area contributed by atoms with Crippen molar-refractivity contribution >= 4 is 0 Å². The lowest BCUT2D eigenvalue weighted by molar-refractivity contribution is 0.439. The first-order chi connectivity index (χ1) is 14.8. The highest BCUT2D eigenvalue weighted by molar-refractivity contribution is 5.57. The smallest absolute Gasteiger partial charge is 0.123 e. The van der Waals surface area contributed by atoms with E-state index in [1.54, 1.807) is 12.1 Å². The van der Waals surface area contributed by atoms with Crippen LogP contribution in [0.1, 0.15) is 77.3 Å². The van der Waals surface area contributed by atoms with Crippen molar-refractivity contribution in [3.8, 4) is 23.0 Å². The molecule has 0 bridgehead atoms. The van der Waals surface area contributed by atoms with Crippen LogP contribution in [-0.4, -0.2) is 20.4 Å². The molecule has 1 aliphatic carbocycles. The average Bonchev–Trinajstić information content (AvgIpc) is 2.73. The average molecular weight is 419 g/mol. The van der Waals surface area contributed by atoms with E-state index in [4.69, 9.17) is 0 Å².